The second-order valence-corrected chi connectivity index (χ2v) is 5.97. The number of rotatable bonds is 8. The van der Waals surface area contributed by atoms with E-state index in [1.54, 1.807) is 36.4 Å². The Morgan fingerprint density at radius 1 is 1.00 bits per heavy atom. The van der Waals surface area contributed by atoms with Gasteiger partial charge in [-0.1, -0.05) is 0 Å². The lowest BCUT2D eigenvalue weighted by Crippen LogP contribution is -2.30. The second kappa shape index (κ2) is 9.55. The van der Waals surface area contributed by atoms with E-state index in [2.05, 4.69) is 5.32 Å². The van der Waals surface area contributed by atoms with E-state index in [4.69, 9.17) is 14.2 Å². The van der Waals surface area contributed by atoms with Gasteiger partial charge < -0.3 is 19.5 Å². The highest BCUT2D eigenvalue weighted by molar-refractivity contribution is 5.98. The van der Waals surface area contributed by atoms with E-state index in [0.29, 0.717) is 29.4 Å². The van der Waals surface area contributed by atoms with Gasteiger partial charge in [0.15, 0.2) is 23.4 Å². The summed E-state index contributed by atoms with van der Waals surface area (Å²) in [5.74, 6) is -0.288. The Bertz CT molecular complexity index is 860. The van der Waals surface area contributed by atoms with Crippen molar-refractivity contribution in [1.29, 1.82) is 0 Å². The number of amides is 1. The molecule has 2 aromatic carbocycles. The first-order chi connectivity index (χ1) is 13.3. The van der Waals surface area contributed by atoms with Crippen molar-refractivity contribution in [1.82, 2.24) is 0 Å². The predicted octanol–water partition coefficient (Wildman–Crippen LogP) is 3.48. The van der Waals surface area contributed by atoms with Gasteiger partial charge in [0.2, 0.25) is 0 Å². The van der Waals surface area contributed by atoms with Crippen LogP contribution in [0.5, 0.6) is 11.5 Å². The number of Topliss-reactive ketones (excluding diaryl/α,β-unsaturated/α-hetero) is 1. The van der Waals surface area contributed by atoms with Crippen LogP contribution in [0.25, 0.3) is 0 Å². The molecular formula is C21H23NO6. The number of methoxy groups -OCH3 is 1. The van der Waals surface area contributed by atoms with Crippen LogP contribution in [0.2, 0.25) is 0 Å². The van der Waals surface area contributed by atoms with Crippen molar-refractivity contribution in [2.45, 2.75) is 26.9 Å². The average molecular weight is 385 g/mol. The zero-order valence-corrected chi connectivity index (χ0v) is 16.3. The molecule has 0 spiro atoms. The summed E-state index contributed by atoms with van der Waals surface area (Å²) in [6.45, 7) is 5.24. The fraction of sp³-hybridized carbons (Fsp3) is 0.286. The van der Waals surface area contributed by atoms with Crippen molar-refractivity contribution in [2.75, 3.05) is 19.0 Å². The number of esters is 1. The molecule has 28 heavy (non-hydrogen) atoms. The van der Waals surface area contributed by atoms with Crippen LogP contribution in [-0.4, -0.2) is 37.5 Å². The van der Waals surface area contributed by atoms with Crippen molar-refractivity contribution in [3.63, 3.8) is 0 Å². The Balaban J connectivity index is 2.01. The molecule has 0 unspecified atom stereocenters. The fourth-order valence-electron chi connectivity index (χ4n) is 2.38. The monoisotopic (exact) mass is 385 g/mol. The molecule has 0 fully saturated rings. The van der Waals surface area contributed by atoms with Gasteiger partial charge in [-0.15, -0.1) is 0 Å². The molecule has 1 N–H and O–H groups in total. The largest absolute Gasteiger partial charge is 0.493 e. The van der Waals surface area contributed by atoms with E-state index in [1.165, 1.54) is 27.0 Å². The molecule has 0 bridgehead atoms. The van der Waals surface area contributed by atoms with E-state index in [9.17, 15) is 14.4 Å². The summed E-state index contributed by atoms with van der Waals surface area (Å²) in [7, 11) is 1.47. The van der Waals surface area contributed by atoms with Crippen LogP contribution in [0.15, 0.2) is 42.5 Å². The Morgan fingerprint density at radius 3 is 2.21 bits per heavy atom. The molecule has 2 rings (SSSR count). The third kappa shape index (κ3) is 5.33. The van der Waals surface area contributed by atoms with Crippen LogP contribution in [0.1, 0.15) is 41.5 Å². The van der Waals surface area contributed by atoms with Gasteiger partial charge in [-0.25, -0.2) is 4.79 Å². The van der Waals surface area contributed by atoms with Gasteiger partial charge in [-0.05, 0) is 63.2 Å². The summed E-state index contributed by atoms with van der Waals surface area (Å²) in [6, 6.07) is 11.1. The van der Waals surface area contributed by atoms with Crippen molar-refractivity contribution in [3.8, 4) is 11.5 Å². The molecule has 0 aromatic heterocycles. The summed E-state index contributed by atoms with van der Waals surface area (Å²) >= 11 is 0. The van der Waals surface area contributed by atoms with E-state index >= 15 is 0 Å². The van der Waals surface area contributed by atoms with Gasteiger partial charge in [0.05, 0.1) is 19.3 Å². The standard InChI is InChI=1S/C21H23NO6/c1-5-27-18-11-8-16(12-19(18)26-4)21(25)28-14(3)20(24)22-17-9-6-15(7-10-17)13(2)23/h6-12,14H,5H2,1-4H3,(H,22,24)/t14-/m1/s1. The molecule has 0 aliphatic carbocycles. The Hall–Kier alpha value is -3.35. The van der Waals surface area contributed by atoms with Crippen LogP contribution in [0, 0.1) is 0 Å². The fourth-order valence-corrected chi connectivity index (χ4v) is 2.38. The average Bonchev–Trinajstić information content (AvgIpc) is 2.68. The Labute approximate surface area is 163 Å². The molecule has 0 aliphatic rings. The molecule has 1 amide bonds. The highest BCUT2D eigenvalue weighted by atomic mass is 16.5. The maximum Gasteiger partial charge on any atom is 0.339 e. The van der Waals surface area contributed by atoms with Crippen LogP contribution in [0.3, 0.4) is 0 Å². The molecule has 0 heterocycles. The van der Waals surface area contributed by atoms with Gasteiger partial charge in [0, 0.05) is 11.3 Å². The van der Waals surface area contributed by atoms with E-state index in [0.717, 1.165) is 0 Å². The van der Waals surface area contributed by atoms with Crippen LogP contribution in [-0.2, 0) is 9.53 Å². The van der Waals surface area contributed by atoms with Crippen molar-refractivity contribution < 1.29 is 28.6 Å². The summed E-state index contributed by atoms with van der Waals surface area (Å²) in [4.78, 5) is 35.9. The summed E-state index contributed by atoms with van der Waals surface area (Å²) in [6.07, 6.45) is -1.02. The van der Waals surface area contributed by atoms with Crippen LogP contribution in [0.4, 0.5) is 5.69 Å². The maximum atomic E-state index is 12.3. The lowest BCUT2D eigenvalue weighted by molar-refractivity contribution is -0.123. The normalized spacial score (nSPS) is 11.3. The molecule has 148 valence electrons. The zero-order valence-electron chi connectivity index (χ0n) is 16.3. The molecule has 7 nitrogen and oxygen atoms in total. The molecule has 0 saturated heterocycles. The van der Waals surface area contributed by atoms with Crippen molar-refractivity contribution in [2.24, 2.45) is 0 Å². The predicted molar refractivity (Wildman–Crippen MR) is 104 cm³/mol. The molecule has 0 aliphatic heterocycles. The van der Waals surface area contributed by atoms with Gasteiger partial charge >= 0.3 is 5.97 Å². The number of nitrogens with one attached hydrogen (secondary N) is 1. The van der Waals surface area contributed by atoms with E-state index in [-0.39, 0.29) is 11.3 Å². The minimum absolute atomic E-state index is 0.0639. The highest BCUT2D eigenvalue weighted by Gasteiger charge is 2.20. The summed E-state index contributed by atoms with van der Waals surface area (Å²) in [5.41, 5.74) is 1.29. The van der Waals surface area contributed by atoms with Crippen LogP contribution >= 0.6 is 0 Å². The quantitative estimate of drug-likeness (QED) is 0.553. The minimum atomic E-state index is -1.02. The molecule has 2 aromatic rings. The van der Waals surface area contributed by atoms with Crippen molar-refractivity contribution >= 4 is 23.3 Å². The minimum Gasteiger partial charge on any atom is -0.493 e. The highest BCUT2D eigenvalue weighted by Crippen LogP contribution is 2.28. The topological polar surface area (TPSA) is 90.9 Å². The number of hydrogen-bond acceptors (Lipinski definition) is 6. The molecule has 0 saturated carbocycles. The Kier molecular flexibility index (Phi) is 7.14. The number of benzene rings is 2. The van der Waals surface area contributed by atoms with E-state index in [1.807, 2.05) is 6.92 Å². The van der Waals surface area contributed by atoms with Gasteiger partial charge in [0.1, 0.15) is 0 Å². The van der Waals surface area contributed by atoms with E-state index < -0.39 is 18.0 Å². The summed E-state index contributed by atoms with van der Waals surface area (Å²) in [5, 5.41) is 2.64. The van der Waals surface area contributed by atoms with Crippen molar-refractivity contribution in [3.05, 3.63) is 53.6 Å². The number of ether oxygens (including phenoxy) is 3. The maximum absolute atomic E-state index is 12.3. The molecule has 0 radical (unpaired) electrons. The smallest absolute Gasteiger partial charge is 0.339 e. The second-order valence-electron chi connectivity index (χ2n) is 5.97. The van der Waals surface area contributed by atoms with Crippen LogP contribution < -0.4 is 14.8 Å². The lowest BCUT2D eigenvalue weighted by Gasteiger charge is -2.15. The third-order valence-corrected chi connectivity index (χ3v) is 3.91. The molecule has 7 heteroatoms. The summed E-state index contributed by atoms with van der Waals surface area (Å²) < 4.78 is 15.8. The lowest BCUT2D eigenvalue weighted by atomic mass is 10.1. The van der Waals surface area contributed by atoms with Gasteiger partial charge in [-0.3, -0.25) is 9.59 Å². The number of carbonyl (C=O) groups is 3. The molecular weight excluding hydrogens is 362 g/mol. The SMILES string of the molecule is CCOc1ccc(C(=O)O[C@H](C)C(=O)Nc2ccc(C(C)=O)cc2)cc1OC. The Morgan fingerprint density at radius 2 is 1.64 bits per heavy atom. The first kappa shape index (κ1) is 21.0. The number of hydrogen-bond donors (Lipinski definition) is 1. The number of ketones is 1. The number of carbonyl (C=O) groups excluding carboxylic acids is 3. The molecule has 1 atom stereocenters. The van der Waals surface area contributed by atoms with Gasteiger partial charge in [-0.2, -0.15) is 0 Å². The van der Waals surface area contributed by atoms with Gasteiger partial charge in [0.25, 0.3) is 5.91 Å². The third-order valence-electron chi connectivity index (χ3n) is 3.91. The first-order valence-electron chi connectivity index (χ1n) is 8.79. The number of anilines is 1. The zero-order chi connectivity index (χ0) is 20.7. The first-order valence-corrected chi connectivity index (χ1v) is 8.79.